The Labute approximate surface area is 158 Å². The zero-order chi connectivity index (χ0) is 19.1. The molecule has 1 amide bonds. The molecule has 0 fully saturated rings. The van der Waals surface area contributed by atoms with E-state index < -0.39 is 23.8 Å². The summed E-state index contributed by atoms with van der Waals surface area (Å²) in [4.78, 5) is 23.9. The summed E-state index contributed by atoms with van der Waals surface area (Å²) < 4.78 is 24.6. The molecule has 0 aliphatic carbocycles. The summed E-state index contributed by atoms with van der Waals surface area (Å²) in [6.45, 7) is 1.40. The quantitative estimate of drug-likeness (QED) is 0.561. The van der Waals surface area contributed by atoms with Crippen LogP contribution in [0, 0.1) is 5.82 Å². The predicted octanol–water partition coefficient (Wildman–Crippen LogP) is 4.18. The Bertz CT molecular complexity index is 838. The van der Waals surface area contributed by atoms with Gasteiger partial charge in [-0.2, -0.15) is 0 Å². The van der Waals surface area contributed by atoms with Gasteiger partial charge in [0.15, 0.2) is 6.10 Å². The Kier molecular flexibility index (Phi) is 6.91. The molecule has 2 aromatic rings. The van der Waals surface area contributed by atoms with Crippen molar-refractivity contribution in [1.29, 1.82) is 0 Å². The lowest BCUT2D eigenvalue weighted by Gasteiger charge is -2.12. The van der Waals surface area contributed by atoms with Crippen LogP contribution in [0.2, 0.25) is 0 Å². The van der Waals surface area contributed by atoms with E-state index in [2.05, 4.69) is 21.2 Å². The fourth-order valence-corrected chi connectivity index (χ4v) is 2.44. The van der Waals surface area contributed by atoms with Gasteiger partial charge in [-0.05, 0) is 43.3 Å². The fraction of sp³-hybridized carbons (Fsp3) is 0.158. The minimum absolute atomic E-state index is 0.0230. The number of benzene rings is 2. The number of methoxy groups -OCH3 is 1. The number of anilines is 1. The average molecular weight is 422 g/mol. The second-order valence-electron chi connectivity index (χ2n) is 5.27. The SMILES string of the molecule is COc1ccc(Br)cc1/C=C/C(=O)OC(C)C(=O)Nc1ccccc1F. The third-order valence-corrected chi connectivity index (χ3v) is 3.88. The van der Waals surface area contributed by atoms with Gasteiger partial charge >= 0.3 is 5.97 Å². The lowest BCUT2D eigenvalue weighted by Crippen LogP contribution is -2.29. The molecule has 0 aliphatic rings. The molecule has 0 saturated heterocycles. The monoisotopic (exact) mass is 421 g/mol. The Morgan fingerprint density at radius 2 is 1.96 bits per heavy atom. The number of amides is 1. The van der Waals surface area contributed by atoms with E-state index >= 15 is 0 Å². The summed E-state index contributed by atoms with van der Waals surface area (Å²) in [6.07, 6.45) is 1.63. The summed E-state index contributed by atoms with van der Waals surface area (Å²) in [7, 11) is 1.52. The van der Waals surface area contributed by atoms with Crippen molar-refractivity contribution in [3.63, 3.8) is 0 Å². The van der Waals surface area contributed by atoms with Crippen molar-refractivity contribution in [2.45, 2.75) is 13.0 Å². The maximum Gasteiger partial charge on any atom is 0.331 e. The van der Waals surface area contributed by atoms with Crippen molar-refractivity contribution in [1.82, 2.24) is 0 Å². The molecule has 1 unspecified atom stereocenters. The molecule has 0 bridgehead atoms. The van der Waals surface area contributed by atoms with Gasteiger partial charge in [0, 0.05) is 16.1 Å². The molecule has 0 aromatic heterocycles. The van der Waals surface area contributed by atoms with Crippen LogP contribution in [-0.4, -0.2) is 25.1 Å². The Hall–Kier alpha value is -2.67. The van der Waals surface area contributed by atoms with Gasteiger partial charge in [0.25, 0.3) is 5.91 Å². The maximum absolute atomic E-state index is 13.5. The van der Waals surface area contributed by atoms with Crippen molar-refractivity contribution in [3.8, 4) is 5.75 Å². The predicted molar refractivity (Wildman–Crippen MR) is 100 cm³/mol. The van der Waals surface area contributed by atoms with E-state index in [1.165, 1.54) is 44.4 Å². The molecule has 2 rings (SSSR count). The fourth-order valence-electron chi connectivity index (χ4n) is 2.06. The summed E-state index contributed by atoms with van der Waals surface area (Å²) in [5.41, 5.74) is 0.692. The highest BCUT2D eigenvalue weighted by atomic mass is 79.9. The number of ether oxygens (including phenoxy) is 2. The van der Waals surface area contributed by atoms with E-state index in [0.717, 1.165) is 4.47 Å². The molecule has 5 nitrogen and oxygen atoms in total. The number of para-hydroxylation sites is 1. The number of halogens is 2. The van der Waals surface area contributed by atoms with Crippen LogP contribution >= 0.6 is 15.9 Å². The number of rotatable bonds is 6. The highest BCUT2D eigenvalue weighted by molar-refractivity contribution is 9.10. The molecule has 2 aromatic carbocycles. The summed E-state index contributed by atoms with van der Waals surface area (Å²) in [5.74, 6) is -1.32. The first-order valence-electron chi connectivity index (χ1n) is 7.68. The van der Waals surface area contributed by atoms with Crippen molar-refractivity contribution >= 4 is 39.6 Å². The number of esters is 1. The van der Waals surface area contributed by atoms with E-state index in [9.17, 15) is 14.0 Å². The molecule has 136 valence electrons. The molecule has 0 aliphatic heterocycles. The van der Waals surface area contributed by atoms with Crippen LogP contribution in [0.5, 0.6) is 5.75 Å². The molecule has 1 atom stereocenters. The van der Waals surface area contributed by atoms with Crippen molar-refractivity contribution < 1.29 is 23.5 Å². The van der Waals surface area contributed by atoms with Gasteiger partial charge in [-0.1, -0.05) is 28.1 Å². The topological polar surface area (TPSA) is 64.6 Å². The molecular weight excluding hydrogens is 405 g/mol. The first-order chi connectivity index (χ1) is 12.4. The van der Waals surface area contributed by atoms with E-state index in [-0.39, 0.29) is 5.69 Å². The molecule has 7 heteroatoms. The highest BCUT2D eigenvalue weighted by Gasteiger charge is 2.18. The van der Waals surface area contributed by atoms with Crippen LogP contribution in [-0.2, 0) is 14.3 Å². The third kappa shape index (κ3) is 5.42. The lowest BCUT2D eigenvalue weighted by molar-refractivity contribution is -0.148. The van der Waals surface area contributed by atoms with E-state index in [1.54, 1.807) is 18.2 Å². The zero-order valence-corrected chi connectivity index (χ0v) is 15.7. The van der Waals surface area contributed by atoms with Crippen LogP contribution in [0.4, 0.5) is 10.1 Å². The minimum Gasteiger partial charge on any atom is -0.496 e. The molecule has 0 saturated carbocycles. The third-order valence-electron chi connectivity index (χ3n) is 3.38. The Morgan fingerprint density at radius 1 is 1.23 bits per heavy atom. The first-order valence-corrected chi connectivity index (χ1v) is 8.47. The van der Waals surface area contributed by atoms with Crippen LogP contribution < -0.4 is 10.1 Å². The van der Waals surface area contributed by atoms with Gasteiger partial charge < -0.3 is 14.8 Å². The Morgan fingerprint density at radius 3 is 2.65 bits per heavy atom. The molecular formula is C19H17BrFNO4. The van der Waals surface area contributed by atoms with Crippen LogP contribution in [0.15, 0.2) is 53.0 Å². The summed E-state index contributed by atoms with van der Waals surface area (Å²) >= 11 is 3.34. The number of nitrogens with one attached hydrogen (secondary N) is 1. The highest BCUT2D eigenvalue weighted by Crippen LogP contribution is 2.24. The summed E-state index contributed by atoms with van der Waals surface area (Å²) in [5, 5.41) is 2.37. The van der Waals surface area contributed by atoms with E-state index in [0.29, 0.717) is 11.3 Å². The minimum atomic E-state index is -1.09. The van der Waals surface area contributed by atoms with Crippen LogP contribution in [0.1, 0.15) is 12.5 Å². The van der Waals surface area contributed by atoms with Gasteiger partial charge in [-0.3, -0.25) is 4.79 Å². The second-order valence-corrected chi connectivity index (χ2v) is 6.18. The number of carbonyl (C=O) groups excluding carboxylic acids is 2. The Balaban J connectivity index is 1.97. The maximum atomic E-state index is 13.5. The van der Waals surface area contributed by atoms with E-state index in [1.807, 2.05) is 6.07 Å². The number of carbonyl (C=O) groups is 2. The van der Waals surface area contributed by atoms with Gasteiger partial charge in [-0.25, -0.2) is 9.18 Å². The standard InChI is InChI=1S/C19H17BrFNO4/c1-12(19(24)22-16-6-4-3-5-15(16)21)26-18(23)10-7-13-11-14(20)8-9-17(13)25-2/h3-12H,1-2H3,(H,22,24)/b10-7+. The largest absolute Gasteiger partial charge is 0.496 e. The van der Waals surface area contributed by atoms with Crippen molar-refractivity contribution in [2.75, 3.05) is 12.4 Å². The zero-order valence-electron chi connectivity index (χ0n) is 14.2. The first kappa shape index (κ1) is 19.7. The van der Waals surface area contributed by atoms with Crippen molar-refractivity contribution in [2.24, 2.45) is 0 Å². The number of hydrogen-bond acceptors (Lipinski definition) is 4. The van der Waals surface area contributed by atoms with Crippen molar-refractivity contribution in [3.05, 3.63) is 64.4 Å². The number of hydrogen-bond donors (Lipinski definition) is 1. The summed E-state index contributed by atoms with van der Waals surface area (Å²) in [6, 6.07) is 11.1. The molecule has 1 N–H and O–H groups in total. The van der Waals surface area contributed by atoms with E-state index in [4.69, 9.17) is 9.47 Å². The second kappa shape index (κ2) is 9.15. The smallest absolute Gasteiger partial charge is 0.331 e. The van der Waals surface area contributed by atoms with Gasteiger partial charge in [0.05, 0.1) is 12.8 Å². The average Bonchev–Trinajstić information content (AvgIpc) is 2.62. The molecule has 0 radical (unpaired) electrons. The van der Waals surface area contributed by atoms with Gasteiger partial charge in [0.1, 0.15) is 11.6 Å². The molecule has 0 heterocycles. The molecule has 26 heavy (non-hydrogen) atoms. The van der Waals surface area contributed by atoms with Gasteiger partial charge in [-0.15, -0.1) is 0 Å². The van der Waals surface area contributed by atoms with Crippen LogP contribution in [0.25, 0.3) is 6.08 Å². The van der Waals surface area contributed by atoms with Crippen LogP contribution in [0.3, 0.4) is 0 Å². The normalized spacial score (nSPS) is 11.8. The molecule has 0 spiro atoms. The van der Waals surface area contributed by atoms with Gasteiger partial charge in [0.2, 0.25) is 0 Å². The lowest BCUT2D eigenvalue weighted by atomic mass is 10.2.